The average Bonchev–Trinajstić information content (AvgIpc) is 2.33. The van der Waals surface area contributed by atoms with Gasteiger partial charge in [-0.25, -0.2) is 0 Å². The monoisotopic (exact) mass is 267 g/mol. The largest absolute Gasteiger partial charge is 0.395 e. The summed E-state index contributed by atoms with van der Waals surface area (Å²) in [5.41, 5.74) is 2.18. The van der Waals surface area contributed by atoms with Gasteiger partial charge in [-0.05, 0) is 31.2 Å². The molecule has 0 aliphatic carbocycles. The maximum atomic E-state index is 11.9. The molecule has 0 spiro atoms. The van der Waals surface area contributed by atoms with Crippen LogP contribution in [0.1, 0.15) is 18.1 Å². The molecule has 1 rings (SSSR count). The van der Waals surface area contributed by atoms with Gasteiger partial charge in [-0.1, -0.05) is 24.3 Å². The number of amides is 1. The van der Waals surface area contributed by atoms with Crippen LogP contribution in [0, 0.1) is 6.92 Å². The fourth-order valence-electron chi connectivity index (χ4n) is 1.82. The predicted molar refractivity (Wildman–Crippen MR) is 76.9 cm³/mol. The zero-order valence-electron chi connectivity index (χ0n) is 11.1. The second-order valence-corrected chi connectivity index (χ2v) is 5.49. The Kier molecular flexibility index (Phi) is 6.22. The Labute approximate surface area is 113 Å². The van der Waals surface area contributed by atoms with Gasteiger partial charge < -0.3 is 10.4 Å². The number of nitrogens with one attached hydrogen (secondary N) is 1. The van der Waals surface area contributed by atoms with Gasteiger partial charge in [0.05, 0.1) is 13.0 Å². The minimum atomic E-state index is -0.0264. The third-order valence-electron chi connectivity index (χ3n) is 3.04. The van der Waals surface area contributed by atoms with Crippen LogP contribution >= 0.6 is 11.8 Å². The highest BCUT2D eigenvalue weighted by Crippen LogP contribution is 2.11. The van der Waals surface area contributed by atoms with Crippen molar-refractivity contribution in [3.63, 3.8) is 0 Å². The lowest BCUT2D eigenvalue weighted by molar-refractivity contribution is -0.121. The van der Waals surface area contributed by atoms with Crippen LogP contribution in [0.15, 0.2) is 24.3 Å². The van der Waals surface area contributed by atoms with Crippen molar-refractivity contribution < 1.29 is 9.90 Å². The smallest absolute Gasteiger partial charge is 0.224 e. The van der Waals surface area contributed by atoms with E-state index in [1.807, 2.05) is 44.4 Å². The van der Waals surface area contributed by atoms with Crippen LogP contribution < -0.4 is 5.32 Å². The first kappa shape index (κ1) is 15.1. The molecule has 3 nitrogen and oxygen atoms in total. The molecular weight excluding hydrogens is 246 g/mol. The summed E-state index contributed by atoms with van der Waals surface area (Å²) >= 11 is 1.56. The van der Waals surface area contributed by atoms with E-state index in [0.29, 0.717) is 6.42 Å². The van der Waals surface area contributed by atoms with Gasteiger partial charge in [0, 0.05) is 11.3 Å². The van der Waals surface area contributed by atoms with E-state index in [2.05, 4.69) is 5.32 Å². The lowest BCUT2D eigenvalue weighted by Crippen LogP contribution is -2.41. The lowest BCUT2D eigenvalue weighted by Gasteiger charge is -2.21. The van der Waals surface area contributed by atoms with Gasteiger partial charge >= 0.3 is 0 Å². The first-order valence-corrected chi connectivity index (χ1v) is 7.34. The molecule has 0 aliphatic rings. The number of carbonyl (C=O) groups excluding carboxylic acids is 1. The molecule has 100 valence electrons. The second-order valence-electron chi connectivity index (χ2n) is 4.42. The lowest BCUT2D eigenvalue weighted by atomic mass is 10.1. The minimum Gasteiger partial charge on any atom is -0.395 e. The van der Waals surface area contributed by atoms with Crippen molar-refractivity contribution in [2.24, 2.45) is 0 Å². The van der Waals surface area contributed by atoms with Crippen LogP contribution in [-0.2, 0) is 11.2 Å². The minimum absolute atomic E-state index is 0.00398. The molecule has 0 fully saturated rings. The summed E-state index contributed by atoms with van der Waals surface area (Å²) in [6, 6.07) is 7.86. The molecular formula is C14H21NO2S. The van der Waals surface area contributed by atoms with Gasteiger partial charge in [-0.2, -0.15) is 11.8 Å². The third kappa shape index (κ3) is 4.35. The highest BCUT2D eigenvalue weighted by Gasteiger charge is 2.17. The number of benzene rings is 1. The van der Waals surface area contributed by atoms with Gasteiger partial charge in [0.25, 0.3) is 0 Å². The van der Waals surface area contributed by atoms with Crippen molar-refractivity contribution in [3.05, 3.63) is 35.4 Å². The number of hydrogen-bond acceptors (Lipinski definition) is 3. The molecule has 0 bridgehead atoms. The average molecular weight is 267 g/mol. The fraction of sp³-hybridized carbons (Fsp3) is 0.500. The van der Waals surface area contributed by atoms with Crippen LogP contribution in [0.3, 0.4) is 0 Å². The van der Waals surface area contributed by atoms with E-state index in [4.69, 9.17) is 0 Å². The Morgan fingerprint density at radius 1 is 1.44 bits per heavy atom. The van der Waals surface area contributed by atoms with Crippen molar-refractivity contribution in [3.8, 4) is 0 Å². The topological polar surface area (TPSA) is 49.3 Å². The molecule has 0 heterocycles. The summed E-state index contributed by atoms with van der Waals surface area (Å²) in [6.07, 6.45) is 2.33. The molecule has 0 aliphatic heterocycles. The second kappa shape index (κ2) is 7.44. The Morgan fingerprint density at radius 2 is 2.11 bits per heavy atom. The van der Waals surface area contributed by atoms with Crippen molar-refractivity contribution >= 4 is 17.7 Å². The van der Waals surface area contributed by atoms with Crippen molar-refractivity contribution in [2.75, 3.05) is 12.9 Å². The van der Waals surface area contributed by atoms with Crippen LogP contribution in [-0.4, -0.2) is 35.2 Å². The molecule has 18 heavy (non-hydrogen) atoms. The standard InChI is InChI=1S/C14H21NO2S/c1-10-6-4-5-7-12(10)8-14(17)15-11(2)13(9-16)18-3/h4-7,11,13,16H,8-9H2,1-3H3,(H,15,17). The van der Waals surface area contributed by atoms with Crippen molar-refractivity contribution in [2.45, 2.75) is 31.6 Å². The summed E-state index contributed by atoms with van der Waals surface area (Å²) in [7, 11) is 0. The molecule has 4 heteroatoms. The molecule has 0 aromatic heterocycles. The number of thioether (sulfide) groups is 1. The summed E-state index contributed by atoms with van der Waals surface area (Å²) in [5.74, 6) is 0.00398. The van der Waals surface area contributed by atoms with Gasteiger partial charge in [0.15, 0.2) is 0 Å². The predicted octanol–water partition coefficient (Wildman–Crippen LogP) is 1.77. The van der Waals surface area contributed by atoms with E-state index in [9.17, 15) is 9.90 Å². The highest BCUT2D eigenvalue weighted by atomic mass is 32.2. The summed E-state index contributed by atoms with van der Waals surface area (Å²) < 4.78 is 0. The Bertz CT molecular complexity index is 391. The fourth-order valence-corrected chi connectivity index (χ4v) is 2.44. The first-order valence-electron chi connectivity index (χ1n) is 6.06. The first-order chi connectivity index (χ1) is 8.58. The molecule has 0 saturated carbocycles. The molecule has 1 amide bonds. The van der Waals surface area contributed by atoms with Gasteiger partial charge in [-0.3, -0.25) is 4.79 Å². The third-order valence-corrected chi connectivity index (χ3v) is 4.20. The van der Waals surface area contributed by atoms with Gasteiger partial charge in [0.2, 0.25) is 5.91 Å². The van der Waals surface area contributed by atoms with E-state index in [1.54, 1.807) is 11.8 Å². The Hall–Kier alpha value is -1.00. The normalized spacial score (nSPS) is 14.0. The molecule has 0 saturated heterocycles. The molecule has 2 atom stereocenters. The number of hydrogen-bond donors (Lipinski definition) is 2. The maximum absolute atomic E-state index is 11.9. The van der Waals surface area contributed by atoms with E-state index >= 15 is 0 Å². The number of aliphatic hydroxyl groups excluding tert-OH is 1. The van der Waals surface area contributed by atoms with Gasteiger partial charge in [0.1, 0.15) is 0 Å². The summed E-state index contributed by atoms with van der Waals surface area (Å²) in [5, 5.41) is 12.2. The number of aliphatic hydroxyl groups is 1. The van der Waals surface area contributed by atoms with Crippen LogP contribution in [0.5, 0.6) is 0 Å². The van der Waals surface area contributed by atoms with Crippen molar-refractivity contribution in [1.29, 1.82) is 0 Å². The molecule has 2 N–H and O–H groups in total. The van der Waals surface area contributed by atoms with Crippen LogP contribution in [0.25, 0.3) is 0 Å². The quantitative estimate of drug-likeness (QED) is 0.826. The van der Waals surface area contributed by atoms with E-state index in [0.717, 1.165) is 11.1 Å². The van der Waals surface area contributed by atoms with E-state index < -0.39 is 0 Å². The molecule has 0 radical (unpaired) electrons. The van der Waals surface area contributed by atoms with Crippen LogP contribution in [0.4, 0.5) is 0 Å². The number of carbonyl (C=O) groups is 1. The molecule has 2 unspecified atom stereocenters. The van der Waals surface area contributed by atoms with Gasteiger partial charge in [-0.15, -0.1) is 0 Å². The highest BCUT2D eigenvalue weighted by molar-refractivity contribution is 7.99. The van der Waals surface area contributed by atoms with Crippen molar-refractivity contribution in [1.82, 2.24) is 5.32 Å². The van der Waals surface area contributed by atoms with E-state index in [1.165, 1.54) is 0 Å². The molecule has 1 aromatic rings. The van der Waals surface area contributed by atoms with Crippen LogP contribution in [0.2, 0.25) is 0 Å². The SMILES string of the molecule is CSC(CO)C(C)NC(=O)Cc1ccccc1C. The number of aryl methyl sites for hydroxylation is 1. The Morgan fingerprint density at radius 3 is 2.67 bits per heavy atom. The maximum Gasteiger partial charge on any atom is 0.224 e. The molecule has 1 aromatic carbocycles. The van der Waals surface area contributed by atoms with E-state index in [-0.39, 0.29) is 23.8 Å². The Balaban J connectivity index is 2.54. The summed E-state index contributed by atoms with van der Waals surface area (Å²) in [4.78, 5) is 11.9. The zero-order valence-corrected chi connectivity index (χ0v) is 12.0. The summed E-state index contributed by atoms with van der Waals surface area (Å²) in [6.45, 7) is 4.00. The zero-order chi connectivity index (χ0) is 13.5. The number of rotatable bonds is 6.